The molecule has 1 aromatic heterocycles. The molecule has 0 saturated carbocycles. The standard InChI is InChI=1S/C15H15ClN/c1-2-13-7-3-4-8-14(13)15-9-5-6-11-17(15)12-10-16/h2-9,11H,1,10,12H2/q+1. The first-order chi connectivity index (χ1) is 8.36. The van der Waals surface area contributed by atoms with E-state index in [1.54, 1.807) is 0 Å². The van der Waals surface area contributed by atoms with Gasteiger partial charge in [0.2, 0.25) is 5.69 Å². The number of halogens is 1. The van der Waals surface area contributed by atoms with Crippen LogP contribution >= 0.6 is 11.6 Å². The minimum atomic E-state index is 0.609. The molecule has 17 heavy (non-hydrogen) atoms. The molecule has 0 aliphatic carbocycles. The van der Waals surface area contributed by atoms with Crippen LogP contribution in [-0.2, 0) is 6.54 Å². The Balaban J connectivity index is 2.55. The Morgan fingerprint density at radius 1 is 1.12 bits per heavy atom. The van der Waals surface area contributed by atoms with E-state index in [-0.39, 0.29) is 0 Å². The Bertz CT molecular complexity index is 520. The van der Waals surface area contributed by atoms with Crippen molar-refractivity contribution in [2.75, 3.05) is 5.88 Å². The van der Waals surface area contributed by atoms with Crippen molar-refractivity contribution in [3.8, 4) is 11.3 Å². The normalized spacial score (nSPS) is 10.2. The minimum absolute atomic E-state index is 0.609. The second-order valence-electron chi connectivity index (χ2n) is 3.76. The van der Waals surface area contributed by atoms with Crippen LogP contribution in [0.3, 0.4) is 0 Å². The number of pyridine rings is 1. The molecular weight excluding hydrogens is 230 g/mol. The number of nitrogens with zero attached hydrogens (tertiary/aromatic N) is 1. The second-order valence-corrected chi connectivity index (χ2v) is 4.14. The zero-order chi connectivity index (χ0) is 12.1. The summed E-state index contributed by atoms with van der Waals surface area (Å²) < 4.78 is 2.16. The third-order valence-corrected chi connectivity index (χ3v) is 2.89. The molecule has 1 nitrogen and oxygen atoms in total. The maximum absolute atomic E-state index is 5.83. The highest BCUT2D eigenvalue weighted by atomic mass is 35.5. The number of alkyl halides is 1. The molecule has 0 saturated heterocycles. The van der Waals surface area contributed by atoms with Crippen molar-refractivity contribution in [1.29, 1.82) is 0 Å². The van der Waals surface area contributed by atoms with Gasteiger partial charge in [-0.05, 0) is 17.7 Å². The van der Waals surface area contributed by atoms with Gasteiger partial charge in [-0.3, -0.25) is 0 Å². The van der Waals surface area contributed by atoms with Crippen molar-refractivity contribution in [1.82, 2.24) is 0 Å². The smallest absolute Gasteiger partial charge is 0.197 e. The highest BCUT2D eigenvalue weighted by molar-refractivity contribution is 6.17. The van der Waals surface area contributed by atoms with Gasteiger partial charge in [-0.1, -0.05) is 30.9 Å². The Morgan fingerprint density at radius 3 is 2.65 bits per heavy atom. The predicted octanol–water partition coefficient (Wildman–Crippen LogP) is 3.52. The molecule has 0 N–H and O–H groups in total. The molecule has 0 unspecified atom stereocenters. The van der Waals surface area contributed by atoms with Crippen LogP contribution in [0.25, 0.3) is 17.3 Å². The van der Waals surface area contributed by atoms with E-state index >= 15 is 0 Å². The quantitative estimate of drug-likeness (QED) is 0.572. The fourth-order valence-electron chi connectivity index (χ4n) is 1.92. The average Bonchev–Trinajstić information content (AvgIpc) is 2.40. The van der Waals surface area contributed by atoms with Crippen molar-refractivity contribution in [3.05, 3.63) is 60.8 Å². The van der Waals surface area contributed by atoms with Crippen molar-refractivity contribution in [2.24, 2.45) is 0 Å². The van der Waals surface area contributed by atoms with Crippen LogP contribution in [-0.4, -0.2) is 5.88 Å². The molecular formula is C15H15ClN+. The summed E-state index contributed by atoms with van der Waals surface area (Å²) in [5, 5.41) is 0. The summed E-state index contributed by atoms with van der Waals surface area (Å²) in [4.78, 5) is 0. The van der Waals surface area contributed by atoms with E-state index in [2.05, 4.69) is 35.5 Å². The molecule has 2 heteroatoms. The van der Waals surface area contributed by atoms with Crippen LogP contribution in [0.1, 0.15) is 5.56 Å². The number of aryl methyl sites for hydroxylation is 1. The molecule has 1 aromatic carbocycles. The molecule has 0 aliphatic rings. The number of aromatic nitrogens is 1. The molecule has 0 amide bonds. The van der Waals surface area contributed by atoms with Gasteiger partial charge in [0, 0.05) is 12.1 Å². The van der Waals surface area contributed by atoms with Crippen molar-refractivity contribution >= 4 is 17.7 Å². The van der Waals surface area contributed by atoms with Crippen LogP contribution < -0.4 is 4.57 Å². The number of hydrogen-bond donors (Lipinski definition) is 0. The number of hydrogen-bond acceptors (Lipinski definition) is 0. The van der Waals surface area contributed by atoms with Gasteiger partial charge in [0.05, 0.1) is 11.4 Å². The summed E-state index contributed by atoms with van der Waals surface area (Å²) >= 11 is 5.83. The first-order valence-corrected chi connectivity index (χ1v) is 6.16. The maximum atomic E-state index is 5.83. The molecule has 0 fully saturated rings. The van der Waals surface area contributed by atoms with Crippen LogP contribution in [0.5, 0.6) is 0 Å². The molecule has 0 spiro atoms. The van der Waals surface area contributed by atoms with Gasteiger partial charge < -0.3 is 0 Å². The van der Waals surface area contributed by atoms with Crippen molar-refractivity contribution in [3.63, 3.8) is 0 Å². The SMILES string of the molecule is C=Cc1ccccc1-c1cccc[n+]1CCCl. The van der Waals surface area contributed by atoms with Gasteiger partial charge in [0.25, 0.3) is 0 Å². The average molecular weight is 245 g/mol. The van der Waals surface area contributed by atoms with Crippen LogP contribution in [0, 0.1) is 0 Å². The molecule has 0 aliphatic heterocycles. The van der Waals surface area contributed by atoms with Crippen molar-refractivity contribution < 1.29 is 4.57 Å². The fourth-order valence-corrected chi connectivity index (χ4v) is 2.10. The maximum Gasteiger partial charge on any atom is 0.213 e. The minimum Gasteiger partial charge on any atom is -0.197 e. The van der Waals surface area contributed by atoms with E-state index in [1.165, 1.54) is 11.3 Å². The van der Waals surface area contributed by atoms with Gasteiger partial charge in [-0.25, -0.2) is 0 Å². The monoisotopic (exact) mass is 244 g/mol. The highest BCUT2D eigenvalue weighted by Crippen LogP contribution is 2.21. The van der Waals surface area contributed by atoms with Gasteiger partial charge in [-0.15, -0.1) is 11.6 Å². The Hall–Kier alpha value is -1.60. The molecule has 2 rings (SSSR count). The molecule has 0 atom stereocenters. The van der Waals surface area contributed by atoms with Crippen LogP contribution in [0.2, 0.25) is 0 Å². The number of benzene rings is 1. The summed E-state index contributed by atoms with van der Waals surface area (Å²) in [5.41, 5.74) is 3.50. The molecule has 1 heterocycles. The zero-order valence-electron chi connectivity index (χ0n) is 9.64. The lowest BCUT2D eigenvalue weighted by atomic mass is 10.0. The fraction of sp³-hybridized carbons (Fsp3) is 0.133. The third kappa shape index (κ3) is 2.56. The lowest BCUT2D eigenvalue weighted by Crippen LogP contribution is -2.36. The van der Waals surface area contributed by atoms with Gasteiger partial charge in [0.1, 0.15) is 0 Å². The van der Waals surface area contributed by atoms with Gasteiger partial charge in [0.15, 0.2) is 12.7 Å². The Morgan fingerprint density at radius 2 is 1.88 bits per heavy atom. The highest BCUT2D eigenvalue weighted by Gasteiger charge is 2.13. The van der Waals surface area contributed by atoms with E-state index in [4.69, 9.17) is 11.6 Å². The Kier molecular flexibility index (Phi) is 3.94. The van der Waals surface area contributed by atoms with Crippen LogP contribution in [0.15, 0.2) is 55.2 Å². The first-order valence-electron chi connectivity index (χ1n) is 5.63. The van der Waals surface area contributed by atoms with Gasteiger partial charge in [-0.2, -0.15) is 4.57 Å². The summed E-state index contributed by atoms with van der Waals surface area (Å²) in [6, 6.07) is 14.4. The van der Waals surface area contributed by atoms with Crippen LogP contribution in [0.4, 0.5) is 0 Å². The lowest BCUT2D eigenvalue weighted by Gasteiger charge is -2.05. The number of rotatable bonds is 4. The molecule has 0 radical (unpaired) electrons. The van der Waals surface area contributed by atoms with E-state index < -0.39 is 0 Å². The summed E-state index contributed by atoms with van der Waals surface area (Å²) in [6.07, 6.45) is 3.94. The van der Waals surface area contributed by atoms with E-state index in [1.807, 2.05) is 30.3 Å². The second kappa shape index (κ2) is 5.65. The summed E-state index contributed by atoms with van der Waals surface area (Å²) in [5.74, 6) is 0.609. The molecule has 2 aromatic rings. The predicted molar refractivity (Wildman–Crippen MR) is 72.9 cm³/mol. The first kappa shape index (κ1) is 11.9. The Labute approximate surface area is 107 Å². The van der Waals surface area contributed by atoms with E-state index in [0.717, 1.165) is 12.1 Å². The summed E-state index contributed by atoms with van der Waals surface area (Å²) in [7, 11) is 0. The van der Waals surface area contributed by atoms with Crippen molar-refractivity contribution in [2.45, 2.75) is 6.54 Å². The topological polar surface area (TPSA) is 3.88 Å². The third-order valence-electron chi connectivity index (χ3n) is 2.72. The van der Waals surface area contributed by atoms with Gasteiger partial charge >= 0.3 is 0 Å². The lowest BCUT2D eigenvalue weighted by molar-refractivity contribution is -0.681. The van der Waals surface area contributed by atoms with E-state index in [9.17, 15) is 0 Å². The largest absolute Gasteiger partial charge is 0.213 e. The van der Waals surface area contributed by atoms with E-state index in [0.29, 0.717) is 5.88 Å². The molecule has 0 bridgehead atoms. The zero-order valence-corrected chi connectivity index (χ0v) is 10.4. The molecule has 86 valence electrons. The summed E-state index contributed by atoms with van der Waals surface area (Å²) in [6.45, 7) is 4.67.